The molecule has 0 aliphatic carbocycles. The van der Waals surface area contributed by atoms with Crippen molar-refractivity contribution in [1.29, 1.82) is 0 Å². The second kappa shape index (κ2) is 6.55. The molecule has 0 saturated carbocycles. The van der Waals surface area contributed by atoms with Gasteiger partial charge in [-0.15, -0.1) is 11.8 Å². The summed E-state index contributed by atoms with van der Waals surface area (Å²) in [6.07, 6.45) is 3.23. The van der Waals surface area contributed by atoms with E-state index in [4.69, 9.17) is 10.5 Å². The summed E-state index contributed by atoms with van der Waals surface area (Å²) in [5, 5.41) is 0. The number of benzene rings is 1. The van der Waals surface area contributed by atoms with Crippen LogP contribution < -0.4 is 5.73 Å². The number of hydrogen-bond donors (Lipinski definition) is 1. The van der Waals surface area contributed by atoms with E-state index in [-0.39, 0.29) is 18.0 Å². The molecule has 2 rings (SSSR count). The highest BCUT2D eigenvalue weighted by Gasteiger charge is 2.16. The average Bonchev–Trinajstić information content (AvgIpc) is 2.80. The minimum absolute atomic E-state index is 0.0646. The lowest BCUT2D eigenvalue weighted by Gasteiger charge is -2.10. The molecule has 0 amide bonds. The first-order chi connectivity index (χ1) is 8.65. The molecule has 2 unspecified atom stereocenters. The molecular weight excluding hydrogens is 249 g/mol. The van der Waals surface area contributed by atoms with Crippen LogP contribution in [-0.2, 0) is 11.2 Å². The molecule has 18 heavy (non-hydrogen) atoms. The Bertz CT molecular complexity index is 391. The quantitative estimate of drug-likeness (QED) is 0.835. The second-order valence-electron chi connectivity index (χ2n) is 4.89. The van der Waals surface area contributed by atoms with Crippen LogP contribution in [0.2, 0.25) is 0 Å². The van der Waals surface area contributed by atoms with Gasteiger partial charge in [0.2, 0.25) is 0 Å². The van der Waals surface area contributed by atoms with Crippen LogP contribution in [0.3, 0.4) is 0 Å². The number of halogens is 1. The Balaban J connectivity index is 1.92. The first-order valence-corrected chi connectivity index (χ1v) is 7.42. The topological polar surface area (TPSA) is 35.2 Å². The summed E-state index contributed by atoms with van der Waals surface area (Å²) in [6.45, 7) is 2.78. The summed E-state index contributed by atoms with van der Waals surface area (Å²) in [7, 11) is 0. The number of nitrogens with two attached hydrogens (primary N) is 1. The molecule has 1 aliphatic heterocycles. The lowest BCUT2D eigenvalue weighted by atomic mass is 10.1. The maximum Gasteiger partial charge on any atom is 0.137 e. The largest absolute Gasteiger partial charge is 0.377 e. The third-order valence-electron chi connectivity index (χ3n) is 3.00. The smallest absolute Gasteiger partial charge is 0.137 e. The summed E-state index contributed by atoms with van der Waals surface area (Å²) < 4.78 is 19.4. The Morgan fingerprint density at radius 3 is 3.00 bits per heavy atom. The second-order valence-corrected chi connectivity index (χ2v) is 5.95. The molecule has 2 N–H and O–H groups in total. The van der Waals surface area contributed by atoms with Gasteiger partial charge in [-0.2, -0.15) is 0 Å². The SMILES string of the molecule is CC(N)Cc1ccc(SCC2CCCO2)c(F)c1. The van der Waals surface area contributed by atoms with Crippen LogP contribution in [-0.4, -0.2) is 24.5 Å². The van der Waals surface area contributed by atoms with Gasteiger partial charge in [-0.3, -0.25) is 0 Å². The minimum Gasteiger partial charge on any atom is -0.377 e. The van der Waals surface area contributed by atoms with Crippen molar-refractivity contribution >= 4 is 11.8 Å². The van der Waals surface area contributed by atoms with Gasteiger partial charge in [0, 0.05) is 23.3 Å². The molecule has 2 nitrogen and oxygen atoms in total. The fourth-order valence-electron chi connectivity index (χ4n) is 2.12. The Kier molecular flexibility index (Phi) is 5.03. The van der Waals surface area contributed by atoms with Crippen molar-refractivity contribution in [2.75, 3.05) is 12.4 Å². The lowest BCUT2D eigenvalue weighted by molar-refractivity contribution is 0.129. The van der Waals surface area contributed by atoms with Crippen LogP contribution in [0, 0.1) is 5.82 Å². The van der Waals surface area contributed by atoms with E-state index in [0.29, 0.717) is 11.3 Å². The highest BCUT2D eigenvalue weighted by Crippen LogP contribution is 2.26. The number of ether oxygens (including phenoxy) is 1. The highest BCUT2D eigenvalue weighted by molar-refractivity contribution is 7.99. The predicted molar refractivity (Wildman–Crippen MR) is 73.5 cm³/mol. The van der Waals surface area contributed by atoms with E-state index in [1.165, 1.54) is 0 Å². The van der Waals surface area contributed by atoms with Gasteiger partial charge < -0.3 is 10.5 Å². The molecule has 1 aliphatic rings. The molecule has 100 valence electrons. The summed E-state index contributed by atoms with van der Waals surface area (Å²) in [5.41, 5.74) is 6.67. The molecule has 4 heteroatoms. The zero-order valence-corrected chi connectivity index (χ0v) is 11.5. The van der Waals surface area contributed by atoms with Crippen molar-refractivity contribution in [2.45, 2.75) is 43.2 Å². The molecular formula is C14H20FNOS. The van der Waals surface area contributed by atoms with Gasteiger partial charge in [-0.25, -0.2) is 4.39 Å². The molecule has 1 aromatic rings. The Morgan fingerprint density at radius 1 is 1.56 bits per heavy atom. The molecule has 0 bridgehead atoms. The first-order valence-electron chi connectivity index (χ1n) is 6.43. The lowest BCUT2D eigenvalue weighted by Crippen LogP contribution is -2.17. The van der Waals surface area contributed by atoms with Crippen molar-refractivity contribution < 1.29 is 9.13 Å². The van der Waals surface area contributed by atoms with Crippen molar-refractivity contribution in [3.8, 4) is 0 Å². The fraction of sp³-hybridized carbons (Fsp3) is 0.571. The van der Waals surface area contributed by atoms with E-state index in [2.05, 4.69) is 0 Å². The van der Waals surface area contributed by atoms with E-state index >= 15 is 0 Å². The van der Waals surface area contributed by atoms with Crippen LogP contribution >= 0.6 is 11.8 Å². The maximum atomic E-state index is 13.9. The van der Waals surface area contributed by atoms with Gasteiger partial charge in [0.05, 0.1) is 6.10 Å². The van der Waals surface area contributed by atoms with Crippen LogP contribution in [0.5, 0.6) is 0 Å². The van der Waals surface area contributed by atoms with Crippen molar-refractivity contribution in [2.24, 2.45) is 5.73 Å². The Morgan fingerprint density at radius 2 is 2.39 bits per heavy atom. The van der Waals surface area contributed by atoms with Crippen molar-refractivity contribution in [1.82, 2.24) is 0 Å². The maximum absolute atomic E-state index is 13.9. The average molecular weight is 269 g/mol. The number of rotatable bonds is 5. The normalized spacial score (nSPS) is 21.2. The molecule has 0 aromatic heterocycles. The van der Waals surface area contributed by atoms with Gasteiger partial charge >= 0.3 is 0 Å². The third-order valence-corrected chi connectivity index (χ3v) is 4.18. The summed E-state index contributed by atoms with van der Waals surface area (Å²) >= 11 is 1.54. The van der Waals surface area contributed by atoms with Crippen molar-refractivity contribution in [3.05, 3.63) is 29.6 Å². The number of thioether (sulfide) groups is 1. The van der Waals surface area contributed by atoms with Crippen molar-refractivity contribution in [3.63, 3.8) is 0 Å². The van der Waals surface area contributed by atoms with E-state index in [1.54, 1.807) is 17.8 Å². The van der Waals surface area contributed by atoms with Crippen LogP contribution in [0.1, 0.15) is 25.3 Å². The first kappa shape index (κ1) is 13.8. The predicted octanol–water partition coefficient (Wildman–Crippen LogP) is 2.99. The third kappa shape index (κ3) is 3.97. The van der Waals surface area contributed by atoms with Crippen LogP contribution in [0.4, 0.5) is 4.39 Å². The Labute approximate surface area is 112 Å². The standard InChI is InChI=1S/C14H20FNOS/c1-10(16)7-11-4-5-14(13(15)8-11)18-9-12-3-2-6-17-12/h4-5,8,10,12H,2-3,6-7,9,16H2,1H3. The molecule has 1 heterocycles. The van der Waals surface area contributed by atoms with Gasteiger partial charge in [0.15, 0.2) is 0 Å². The van der Waals surface area contributed by atoms with E-state index < -0.39 is 0 Å². The minimum atomic E-state index is -0.142. The van der Waals surface area contributed by atoms with Gasteiger partial charge in [0.1, 0.15) is 5.82 Å². The van der Waals surface area contributed by atoms with Gasteiger partial charge in [-0.05, 0) is 43.9 Å². The zero-order chi connectivity index (χ0) is 13.0. The number of hydrogen-bond acceptors (Lipinski definition) is 3. The van der Waals surface area contributed by atoms with Crippen LogP contribution in [0.25, 0.3) is 0 Å². The summed E-state index contributed by atoms with van der Waals surface area (Å²) in [4.78, 5) is 0.707. The summed E-state index contributed by atoms with van der Waals surface area (Å²) in [5.74, 6) is 0.694. The fourth-order valence-corrected chi connectivity index (χ4v) is 3.11. The van der Waals surface area contributed by atoms with Gasteiger partial charge in [0.25, 0.3) is 0 Å². The van der Waals surface area contributed by atoms with Crippen LogP contribution in [0.15, 0.2) is 23.1 Å². The zero-order valence-electron chi connectivity index (χ0n) is 10.7. The van der Waals surface area contributed by atoms with Gasteiger partial charge in [-0.1, -0.05) is 6.07 Å². The van der Waals surface area contributed by atoms with E-state index in [1.807, 2.05) is 19.1 Å². The molecule has 1 fully saturated rings. The Hall–Kier alpha value is -0.580. The molecule has 0 spiro atoms. The molecule has 1 saturated heterocycles. The van der Waals surface area contributed by atoms with E-state index in [9.17, 15) is 4.39 Å². The molecule has 1 aromatic carbocycles. The summed E-state index contributed by atoms with van der Waals surface area (Å²) in [6, 6.07) is 5.48. The molecule has 0 radical (unpaired) electrons. The monoisotopic (exact) mass is 269 g/mol. The highest BCUT2D eigenvalue weighted by atomic mass is 32.2. The van der Waals surface area contributed by atoms with E-state index in [0.717, 1.165) is 30.8 Å². The molecule has 2 atom stereocenters.